The molecule has 0 unspecified atom stereocenters. The minimum Gasteiger partial charge on any atom is -0.454 e. The number of esters is 1. The van der Waals surface area contributed by atoms with Crippen molar-refractivity contribution in [2.45, 2.75) is 36.5 Å². The molecule has 1 N–H and O–H groups in total. The second kappa shape index (κ2) is 9.95. The number of rotatable bonds is 8. The highest BCUT2D eigenvalue weighted by Crippen LogP contribution is 2.36. The van der Waals surface area contributed by atoms with Crippen LogP contribution in [-0.2, 0) is 14.3 Å². The van der Waals surface area contributed by atoms with Crippen LogP contribution in [0.4, 0.5) is 0 Å². The second-order valence-corrected chi connectivity index (χ2v) is 8.02. The van der Waals surface area contributed by atoms with E-state index in [4.69, 9.17) is 4.74 Å². The number of amides is 1. The van der Waals surface area contributed by atoms with Gasteiger partial charge in [0.15, 0.2) is 6.61 Å². The molecule has 0 saturated carbocycles. The number of benzene rings is 2. The first-order chi connectivity index (χ1) is 13.4. The fraction of sp³-hybridized carbons (Fsp3) is 0.318. The van der Waals surface area contributed by atoms with Crippen molar-refractivity contribution in [3.63, 3.8) is 0 Å². The minimum atomic E-state index is -1.01. The first-order valence-corrected chi connectivity index (χ1v) is 9.89. The Hall–Kier alpha value is -2.78. The molecule has 5 nitrogen and oxygen atoms in total. The highest BCUT2D eigenvalue weighted by Gasteiger charge is 2.31. The Labute approximate surface area is 170 Å². The Balaban J connectivity index is 2.07. The number of hydrogen-bond acceptors (Lipinski definition) is 5. The monoisotopic (exact) mass is 396 g/mol. The molecule has 0 aliphatic rings. The molecule has 0 aliphatic carbocycles. The lowest BCUT2D eigenvalue weighted by molar-refractivity contribution is -0.148. The van der Waals surface area contributed by atoms with Gasteiger partial charge < -0.3 is 10.1 Å². The Morgan fingerprint density at radius 1 is 1.11 bits per heavy atom. The lowest BCUT2D eigenvalue weighted by atomic mass is 9.90. The van der Waals surface area contributed by atoms with Gasteiger partial charge in [-0.3, -0.25) is 9.59 Å². The third kappa shape index (κ3) is 5.86. The van der Waals surface area contributed by atoms with Crippen molar-refractivity contribution in [3.8, 4) is 6.07 Å². The van der Waals surface area contributed by atoms with Crippen LogP contribution in [0, 0.1) is 17.2 Å². The molecule has 0 bridgehead atoms. The van der Waals surface area contributed by atoms with Gasteiger partial charge >= 0.3 is 5.97 Å². The summed E-state index contributed by atoms with van der Waals surface area (Å²) in [5, 5.41) is 11.4. The number of nitrogens with zero attached hydrogens (tertiary/aromatic N) is 1. The summed E-state index contributed by atoms with van der Waals surface area (Å²) in [5.41, 5.74) is -0.216. The van der Waals surface area contributed by atoms with E-state index in [9.17, 15) is 14.9 Å². The molecule has 0 aliphatic heterocycles. The maximum atomic E-state index is 12.7. The van der Waals surface area contributed by atoms with E-state index in [0.29, 0.717) is 0 Å². The van der Waals surface area contributed by atoms with Crippen molar-refractivity contribution < 1.29 is 14.3 Å². The van der Waals surface area contributed by atoms with Gasteiger partial charge in [-0.25, -0.2) is 0 Å². The van der Waals surface area contributed by atoms with Crippen molar-refractivity contribution in [2.24, 2.45) is 5.92 Å². The molecule has 2 aromatic rings. The lowest BCUT2D eigenvalue weighted by Gasteiger charge is -2.27. The zero-order valence-electron chi connectivity index (χ0n) is 16.2. The quantitative estimate of drug-likeness (QED) is 0.536. The van der Waals surface area contributed by atoms with E-state index >= 15 is 0 Å². The minimum absolute atomic E-state index is 0.0807. The van der Waals surface area contributed by atoms with Gasteiger partial charge in [-0.2, -0.15) is 5.26 Å². The predicted molar refractivity (Wildman–Crippen MR) is 109 cm³/mol. The number of hydrogen-bond donors (Lipinski definition) is 1. The van der Waals surface area contributed by atoms with Crippen molar-refractivity contribution in [1.82, 2.24) is 5.32 Å². The maximum absolute atomic E-state index is 12.7. The van der Waals surface area contributed by atoms with E-state index in [2.05, 4.69) is 11.4 Å². The van der Waals surface area contributed by atoms with Gasteiger partial charge in [-0.15, -0.1) is 11.8 Å². The van der Waals surface area contributed by atoms with Gasteiger partial charge in [-0.05, 0) is 30.5 Å². The van der Waals surface area contributed by atoms with Gasteiger partial charge in [0.2, 0.25) is 0 Å². The van der Waals surface area contributed by atoms with E-state index in [1.807, 2.05) is 74.5 Å². The average Bonchev–Trinajstić information content (AvgIpc) is 2.71. The molecule has 0 radical (unpaired) electrons. The molecule has 2 aromatic carbocycles. The van der Waals surface area contributed by atoms with Crippen LogP contribution in [0.5, 0.6) is 0 Å². The number of thioether (sulfide) groups is 1. The molecule has 6 heteroatoms. The summed E-state index contributed by atoms with van der Waals surface area (Å²) in [6.45, 7) is 4.91. The molecule has 0 saturated heterocycles. The molecule has 28 heavy (non-hydrogen) atoms. The van der Waals surface area contributed by atoms with Crippen molar-refractivity contribution in [3.05, 3.63) is 66.2 Å². The first-order valence-electron chi connectivity index (χ1n) is 9.01. The molecule has 0 heterocycles. The summed E-state index contributed by atoms with van der Waals surface area (Å²) in [5.74, 6) is -1.08. The maximum Gasteiger partial charge on any atom is 0.324 e. The Kier molecular flexibility index (Phi) is 7.65. The van der Waals surface area contributed by atoms with E-state index in [0.717, 1.165) is 10.5 Å². The highest BCUT2D eigenvalue weighted by molar-refractivity contribution is 8.00. The third-order valence-corrected chi connectivity index (χ3v) is 5.69. The summed E-state index contributed by atoms with van der Waals surface area (Å²) >= 11 is 1.37. The fourth-order valence-electron chi connectivity index (χ4n) is 2.35. The second-order valence-electron chi connectivity index (χ2n) is 6.85. The average molecular weight is 397 g/mol. The standard InChI is InChI=1S/C22H24N2O3S/c1-16(2)22(3,15-23)24-19(25)14-27-21(26)20(17-10-6-4-7-11-17)28-18-12-8-5-9-13-18/h4-13,16,20H,14H2,1-3H3,(H,24,25)/t20-,22+/m0/s1. The molecule has 2 rings (SSSR count). The van der Waals surface area contributed by atoms with E-state index in [1.165, 1.54) is 11.8 Å². The van der Waals surface area contributed by atoms with Gasteiger partial charge in [0, 0.05) is 4.90 Å². The lowest BCUT2D eigenvalue weighted by Crippen LogP contribution is -2.50. The topological polar surface area (TPSA) is 79.2 Å². The zero-order chi connectivity index (χ0) is 20.6. The summed E-state index contributed by atoms with van der Waals surface area (Å²) in [4.78, 5) is 25.9. The zero-order valence-corrected chi connectivity index (χ0v) is 17.0. The van der Waals surface area contributed by atoms with E-state index < -0.39 is 29.3 Å². The first kappa shape index (κ1) is 21.5. The van der Waals surface area contributed by atoms with Gasteiger partial charge in [0.25, 0.3) is 5.91 Å². The van der Waals surface area contributed by atoms with E-state index in [-0.39, 0.29) is 5.92 Å². The number of ether oxygens (including phenoxy) is 1. The van der Waals surface area contributed by atoms with E-state index in [1.54, 1.807) is 6.92 Å². The largest absolute Gasteiger partial charge is 0.454 e. The summed E-state index contributed by atoms with van der Waals surface area (Å²) in [6.07, 6.45) is 0. The van der Waals surface area contributed by atoms with Gasteiger partial charge in [-0.1, -0.05) is 62.4 Å². The summed E-state index contributed by atoms with van der Waals surface area (Å²) in [6, 6.07) is 20.9. The molecule has 146 valence electrons. The van der Waals surface area contributed by atoms with Crippen molar-refractivity contribution >= 4 is 23.6 Å². The molecule has 0 fully saturated rings. The molecule has 2 atom stereocenters. The van der Waals surface area contributed by atoms with Crippen LogP contribution in [0.1, 0.15) is 31.6 Å². The van der Waals surface area contributed by atoms with Crippen molar-refractivity contribution in [2.75, 3.05) is 6.61 Å². The number of nitriles is 1. The van der Waals surface area contributed by atoms with Crippen LogP contribution in [0.2, 0.25) is 0 Å². The number of carbonyl (C=O) groups excluding carboxylic acids is 2. The van der Waals surface area contributed by atoms with Crippen LogP contribution in [0.15, 0.2) is 65.6 Å². The molecule has 0 spiro atoms. The fourth-order valence-corrected chi connectivity index (χ4v) is 3.40. The van der Waals surface area contributed by atoms with Gasteiger partial charge in [0.1, 0.15) is 10.8 Å². The van der Waals surface area contributed by atoms with Crippen LogP contribution in [-0.4, -0.2) is 24.0 Å². The molecular formula is C22H24N2O3S. The Morgan fingerprint density at radius 2 is 1.68 bits per heavy atom. The smallest absolute Gasteiger partial charge is 0.324 e. The molecular weight excluding hydrogens is 372 g/mol. The van der Waals surface area contributed by atoms with Crippen LogP contribution < -0.4 is 5.32 Å². The van der Waals surface area contributed by atoms with Crippen LogP contribution in [0.25, 0.3) is 0 Å². The SMILES string of the molecule is CC(C)[C@@](C)(C#N)NC(=O)COC(=O)[C@@H](Sc1ccccc1)c1ccccc1. The molecule has 0 aromatic heterocycles. The van der Waals surface area contributed by atoms with Crippen LogP contribution >= 0.6 is 11.8 Å². The van der Waals surface area contributed by atoms with Crippen LogP contribution in [0.3, 0.4) is 0 Å². The molecule has 1 amide bonds. The number of nitrogens with one attached hydrogen (secondary N) is 1. The van der Waals surface area contributed by atoms with Gasteiger partial charge in [0.05, 0.1) is 6.07 Å². The Morgan fingerprint density at radius 3 is 2.21 bits per heavy atom. The highest BCUT2D eigenvalue weighted by atomic mass is 32.2. The summed E-state index contributed by atoms with van der Waals surface area (Å²) < 4.78 is 5.28. The Bertz CT molecular complexity index is 834. The number of carbonyl (C=O) groups is 2. The van der Waals surface area contributed by atoms with Crippen molar-refractivity contribution in [1.29, 1.82) is 5.26 Å². The third-order valence-electron chi connectivity index (χ3n) is 4.45. The normalized spacial score (nSPS) is 13.8. The predicted octanol–water partition coefficient (Wildman–Crippen LogP) is 4.12. The summed E-state index contributed by atoms with van der Waals surface area (Å²) in [7, 11) is 0.